The number of hydrogen-bond acceptors (Lipinski definition) is 1. The highest BCUT2D eigenvalue weighted by molar-refractivity contribution is 9.11. The van der Waals surface area contributed by atoms with Crippen LogP contribution in [0.3, 0.4) is 0 Å². The fraction of sp³-hybridized carbons (Fsp3) is 0.0769. The van der Waals surface area contributed by atoms with E-state index in [1.165, 1.54) is 0 Å². The van der Waals surface area contributed by atoms with E-state index in [4.69, 9.17) is 4.74 Å². The SMILES string of the molecule is COc1cc(Br)cc(-c2ccc(Br)cc2Br)c1Br. The highest BCUT2D eigenvalue weighted by Gasteiger charge is 2.12. The van der Waals surface area contributed by atoms with Crippen LogP contribution in [0.15, 0.2) is 48.2 Å². The van der Waals surface area contributed by atoms with E-state index < -0.39 is 0 Å². The molecule has 18 heavy (non-hydrogen) atoms. The number of benzene rings is 2. The predicted molar refractivity (Wildman–Crippen MR) is 89.2 cm³/mol. The second-order valence-corrected chi connectivity index (χ2v) is 7.07. The lowest BCUT2D eigenvalue weighted by atomic mass is 10.1. The van der Waals surface area contributed by atoms with Crippen LogP contribution in [0, 0.1) is 0 Å². The molecule has 2 rings (SSSR count). The monoisotopic (exact) mass is 496 g/mol. The minimum Gasteiger partial charge on any atom is -0.496 e. The van der Waals surface area contributed by atoms with Crippen molar-refractivity contribution in [3.63, 3.8) is 0 Å². The maximum absolute atomic E-state index is 5.35. The first-order valence-electron chi connectivity index (χ1n) is 5.01. The Balaban J connectivity index is 2.67. The van der Waals surface area contributed by atoms with Crippen molar-refractivity contribution in [3.8, 4) is 16.9 Å². The molecule has 0 unspecified atom stereocenters. The molecule has 0 bridgehead atoms. The van der Waals surface area contributed by atoms with Crippen LogP contribution < -0.4 is 4.74 Å². The topological polar surface area (TPSA) is 9.23 Å². The molecule has 0 spiro atoms. The summed E-state index contributed by atoms with van der Waals surface area (Å²) in [4.78, 5) is 0. The minimum atomic E-state index is 0.800. The standard InChI is InChI=1S/C13H8Br4O/c1-18-12-6-8(15)4-10(13(12)17)9-3-2-7(14)5-11(9)16/h2-6H,1H3. The van der Waals surface area contributed by atoms with Crippen LogP contribution in [0.5, 0.6) is 5.75 Å². The van der Waals surface area contributed by atoms with Crippen molar-refractivity contribution in [3.05, 3.63) is 48.2 Å². The molecule has 0 amide bonds. The third-order valence-electron chi connectivity index (χ3n) is 2.45. The first-order chi connectivity index (χ1) is 8.52. The van der Waals surface area contributed by atoms with Gasteiger partial charge < -0.3 is 4.74 Å². The summed E-state index contributed by atoms with van der Waals surface area (Å²) in [6.45, 7) is 0. The lowest BCUT2D eigenvalue weighted by molar-refractivity contribution is 0.412. The van der Waals surface area contributed by atoms with Gasteiger partial charge in [-0.2, -0.15) is 0 Å². The maximum Gasteiger partial charge on any atom is 0.134 e. The summed E-state index contributed by atoms with van der Waals surface area (Å²) >= 11 is 14.1. The Kier molecular flexibility index (Phi) is 4.92. The summed E-state index contributed by atoms with van der Waals surface area (Å²) in [6, 6.07) is 10.1. The smallest absolute Gasteiger partial charge is 0.134 e. The van der Waals surface area contributed by atoms with Gasteiger partial charge in [0.05, 0.1) is 11.6 Å². The van der Waals surface area contributed by atoms with Crippen molar-refractivity contribution in [2.75, 3.05) is 7.11 Å². The van der Waals surface area contributed by atoms with Gasteiger partial charge in [0.1, 0.15) is 5.75 Å². The Labute approximate surface area is 139 Å². The van der Waals surface area contributed by atoms with E-state index in [0.717, 1.165) is 34.8 Å². The first-order valence-corrected chi connectivity index (χ1v) is 8.18. The third kappa shape index (κ3) is 3.00. The Morgan fingerprint density at radius 3 is 2.17 bits per heavy atom. The van der Waals surface area contributed by atoms with Crippen molar-refractivity contribution >= 4 is 63.7 Å². The Hall–Kier alpha value is 0.160. The van der Waals surface area contributed by atoms with Crippen LogP contribution in [-0.4, -0.2) is 7.11 Å². The van der Waals surface area contributed by atoms with Crippen LogP contribution >= 0.6 is 63.7 Å². The average Bonchev–Trinajstić information content (AvgIpc) is 2.32. The molecule has 0 N–H and O–H groups in total. The molecule has 0 fully saturated rings. The van der Waals surface area contributed by atoms with Crippen molar-refractivity contribution in [1.82, 2.24) is 0 Å². The molecule has 0 saturated carbocycles. The van der Waals surface area contributed by atoms with Crippen molar-refractivity contribution < 1.29 is 4.74 Å². The zero-order valence-corrected chi connectivity index (χ0v) is 15.7. The zero-order valence-electron chi connectivity index (χ0n) is 9.31. The molecule has 0 saturated heterocycles. The quantitative estimate of drug-likeness (QED) is 0.464. The van der Waals surface area contributed by atoms with E-state index >= 15 is 0 Å². The normalized spacial score (nSPS) is 10.5. The summed E-state index contributed by atoms with van der Waals surface area (Å²) in [6.07, 6.45) is 0. The van der Waals surface area contributed by atoms with Gasteiger partial charge in [0.2, 0.25) is 0 Å². The fourth-order valence-electron chi connectivity index (χ4n) is 1.62. The van der Waals surface area contributed by atoms with Gasteiger partial charge in [-0.15, -0.1) is 0 Å². The number of methoxy groups -OCH3 is 1. The summed E-state index contributed by atoms with van der Waals surface area (Å²) in [5.74, 6) is 0.800. The van der Waals surface area contributed by atoms with E-state index in [9.17, 15) is 0 Å². The van der Waals surface area contributed by atoms with Gasteiger partial charge in [0.25, 0.3) is 0 Å². The predicted octanol–water partition coefficient (Wildman–Crippen LogP) is 6.41. The van der Waals surface area contributed by atoms with Crippen molar-refractivity contribution in [2.24, 2.45) is 0 Å². The van der Waals surface area contributed by atoms with E-state index in [1.807, 2.05) is 18.2 Å². The minimum absolute atomic E-state index is 0.800. The van der Waals surface area contributed by atoms with Gasteiger partial charge in [-0.05, 0) is 45.8 Å². The molecule has 2 aromatic rings. The van der Waals surface area contributed by atoms with Crippen LogP contribution in [-0.2, 0) is 0 Å². The number of hydrogen-bond donors (Lipinski definition) is 0. The molecule has 0 aliphatic rings. The largest absolute Gasteiger partial charge is 0.496 e. The molecule has 0 aliphatic heterocycles. The van der Waals surface area contributed by atoms with Gasteiger partial charge in [0.15, 0.2) is 0 Å². The summed E-state index contributed by atoms with van der Waals surface area (Å²) in [5, 5.41) is 0. The van der Waals surface area contributed by atoms with Crippen LogP contribution in [0.2, 0.25) is 0 Å². The Bertz CT molecular complexity index is 596. The molecule has 5 heteroatoms. The van der Waals surface area contributed by atoms with E-state index in [-0.39, 0.29) is 0 Å². The van der Waals surface area contributed by atoms with Gasteiger partial charge in [0, 0.05) is 19.0 Å². The van der Waals surface area contributed by atoms with E-state index in [1.54, 1.807) is 7.11 Å². The van der Waals surface area contributed by atoms with Gasteiger partial charge in [-0.25, -0.2) is 0 Å². The molecule has 0 aliphatic carbocycles. The second-order valence-electron chi connectivity index (χ2n) is 3.59. The first kappa shape index (κ1) is 14.6. The lowest BCUT2D eigenvalue weighted by Crippen LogP contribution is -1.89. The number of rotatable bonds is 2. The lowest BCUT2D eigenvalue weighted by Gasteiger charge is -2.12. The molecule has 0 atom stereocenters. The zero-order chi connectivity index (χ0) is 13.3. The second kappa shape index (κ2) is 6.07. The number of halogens is 4. The van der Waals surface area contributed by atoms with Gasteiger partial charge in [-0.1, -0.05) is 53.9 Å². The molecule has 0 aromatic heterocycles. The van der Waals surface area contributed by atoms with Crippen LogP contribution in [0.4, 0.5) is 0 Å². The van der Waals surface area contributed by atoms with Crippen molar-refractivity contribution in [1.29, 1.82) is 0 Å². The van der Waals surface area contributed by atoms with Gasteiger partial charge >= 0.3 is 0 Å². The fourth-order valence-corrected chi connectivity index (χ4v) is 3.92. The van der Waals surface area contributed by atoms with Gasteiger partial charge in [-0.3, -0.25) is 0 Å². The Morgan fingerprint density at radius 1 is 0.833 bits per heavy atom. The molecular formula is C13H8Br4O. The molecule has 0 heterocycles. The van der Waals surface area contributed by atoms with E-state index in [2.05, 4.69) is 75.9 Å². The Morgan fingerprint density at radius 2 is 1.56 bits per heavy atom. The molecular weight excluding hydrogens is 492 g/mol. The molecule has 2 aromatic carbocycles. The maximum atomic E-state index is 5.35. The van der Waals surface area contributed by atoms with Crippen LogP contribution in [0.1, 0.15) is 0 Å². The third-order valence-corrected chi connectivity index (χ3v) is 4.87. The summed E-state index contributed by atoms with van der Waals surface area (Å²) in [7, 11) is 1.66. The molecule has 94 valence electrons. The summed E-state index contributed by atoms with van der Waals surface area (Å²) < 4.78 is 9.33. The summed E-state index contributed by atoms with van der Waals surface area (Å²) in [5.41, 5.74) is 2.17. The van der Waals surface area contributed by atoms with Crippen molar-refractivity contribution in [2.45, 2.75) is 0 Å². The molecule has 1 nitrogen and oxygen atoms in total. The highest BCUT2D eigenvalue weighted by Crippen LogP contribution is 2.41. The highest BCUT2D eigenvalue weighted by atomic mass is 79.9. The van der Waals surface area contributed by atoms with Crippen LogP contribution in [0.25, 0.3) is 11.1 Å². The average molecular weight is 500 g/mol. The van der Waals surface area contributed by atoms with E-state index in [0.29, 0.717) is 0 Å². The molecule has 0 radical (unpaired) electrons. The number of ether oxygens (including phenoxy) is 1.